The summed E-state index contributed by atoms with van der Waals surface area (Å²) in [6, 6.07) is 6.21. The molecule has 0 bridgehead atoms. The van der Waals surface area contributed by atoms with Gasteiger partial charge in [0.1, 0.15) is 5.82 Å². The molecule has 74 valence electrons. The fourth-order valence-corrected chi connectivity index (χ4v) is 1.01. The quantitative estimate of drug-likeness (QED) is 0.739. The first kappa shape index (κ1) is 10.7. The van der Waals surface area contributed by atoms with Gasteiger partial charge in [0.05, 0.1) is 24.3 Å². The van der Waals surface area contributed by atoms with E-state index in [1.807, 2.05) is 19.9 Å². The van der Waals surface area contributed by atoms with E-state index in [1.54, 1.807) is 0 Å². The van der Waals surface area contributed by atoms with Gasteiger partial charge in [-0.05, 0) is 32.0 Å². The summed E-state index contributed by atoms with van der Waals surface area (Å²) in [6.45, 7) is 3.97. The van der Waals surface area contributed by atoms with Crippen LogP contribution in [0.25, 0.3) is 0 Å². The molecule has 1 rings (SSSR count). The Balaban J connectivity index is 2.80. The molecule has 3 heteroatoms. The van der Waals surface area contributed by atoms with E-state index in [2.05, 4.69) is 0 Å². The van der Waals surface area contributed by atoms with Crippen LogP contribution in [0, 0.1) is 17.1 Å². The summed E-state index contributed by atoms with van der Waals surface area (Å²) in [5, 5.41) is 8.62. The summed E-state index contributed by atoms with van der Waals surface area (Å²) in [4.78, 5) is 0. The molecule has 0 spiro atoms. The zero-order valence-corrected chi connectivity index (χ0v) is 8.25. The van der Waals surface area contributed by atoms with Crippen LogP contribution in [0.2, 0.25) is 0 Å². The first-order valence-electron chi connectivity index (χ1n) is 4.43. The third-order valence-electron chi connectivity index (χ3n) is 1.75. The maximum absolute atomic E-state index is 13.2. The molecule has 0 aliphatic rings. The molecule has 0 aromatic heterocycles. The van der Waals surface area contributed by atoms with Crippen LogP contribution >= 0.6 is 0 Å². The highest BCUT2D eigenvalue weighted by Crippen LogP contribution is 2.12. The van der Waals surface area contributed by atoms with E-state index < -0.39 is 0 Å². The van der Waals surface area contributed by atoms with Crippen molar-refractivity contribution in [2.24, 2.45) is 0 Å². The van der Waals surface area contributed by atoms with Crippen LogP contribution in [0.15, 0.2) is 18.2 Å². The second kappa shape index (κ2) is 4.73. The van der Waals surface area contributed by atoms with Crippen molar-refractivity contribution in [3.05, 3.63) is 35.1 Å². The van der Waals surface area contributed by atoms with Crippen molar-refractivity contribution < 1.29 is 9.13 Å². The molecule has 0 aliphatic heterocycles. The minimum absolute atomic E-state index is 0.0557. The normalized spacial score (nSPS) is 10.2. The summed E-state index contributed by atoms with van der Waals surface area (Å²) >= 11 is 0. The SMILES string of the molecule is CC(C)OCc1cc(C#N)ccc1F. The van der Waals surface area contributed by atoms with Gasteiger partial charge in [0.25, 0.3) is 0 Å². The van der Waals surface area contributed by atoms with E-state index in [-0.39, 0.29) is 18.5 Å². The fourth-order valence-electron chi connectivity index (χ4n) is 1.01. The number of benzene rings is 1. The molecule has 0 saturated heterocycles. The summed E-state index contributed by atoms with van der Waals surface area (Å²) < 4.78 is 18.4. The largest absolute Gasteiger partial charge is 0.374 e. The van der Waals surface area contributed by atoms with Crippen molar-refractivity contribution in [1.29, 1.82) is 5.26 Å². The van der Waals surface area contributed by atoms with Gasteiger partial charge in [0.2, 0.25) is 0 Å². The highest BCUT2D eigenvalue weighted by molar-refractivity contribution is 5.33. The molecule has 2 nitrogen and oxygen atoms in total. The van der Waals surface area contributed by atoms with Crippen LogP contribution in [-0.4, -0.2) is 6.10 Å². The van der Waals surface area contributed by atoms with Crippen LogP contribution in [0.4, 0.5) is 4.39 Å². The third kappa shape index (κ3) is 2.82. The second-order valence-corrected chi connectivity index (χ2v) is 3.28. The maximum atomic E-state index is 13.2. The fraction of sp³-hybridized carbons (Fsp3) is 0.364. The Morgan fingerprint density at radius 1 is 1.50 bits per heavy atom. The minimum Gasteiger partial charge on any atom is -0.374 e. The van der Waals surface area contributed by atoms with Crippen molar-refractivity contribution in [1.82, 2.24) is 0 Å². The van der Waals surface area contributed by atoms with Crippen molar-refractivity contribution >= 4 is 0 Å². The molecular formula is C11H12FNO. The van der Waals surface area contributed by atoms with Gasteiger partial charge in [-0.1, -0.05) is 0 Å². The average Bonchev–Trinajstić information content (AvgIpc) is 2.16. The molecule has 0 atom stereocenters. The number of nitrogens with zero attached hydrogens (tertiary/aromatic N) is 1. The van der Waals surface area contributed by atoms with E-state index in [9.17, 15) is 4.39 Å². The van der Waals surface area contributed by atoms with E-state index in [0.29, 0.717) is 11.1 Å². The number of hydrogen-bond acceptors (Lipinski definition) is 2. The lowest BCUT2D eigenvalue weighted by Crippen LogP contribution is -2.04. The Labute approximate surface area is 82.9 Å². The first-order chi connectivity index (χ1) is 6.63. The lowest BCUT2D eigenvalue weighted by Gasteiger charge is -2.08. The van der Waals surface area contributed by atoms with E-state index in [4.69, 9.17) is 10.00 Å². The molecule has 1 aromatic carbocycles. The predicted molar refractivity (Wildman–Crippen MR) is 51.0 cm³/mol. The number of hydrogen-bond donors (Lipinski definition) is 0. The lowest BCUT2D eigenvalue weighted by atomic mass is 10.1. The summed E-state index contributed by atoms with van der Waals surface area (Å²) in [6.07, 6.45) is 0.0557. The molecule has 1 aromatic rings. The molecule has 0 aliphatic carbocycles. The number of ether oxygens (including phenoxy) is 1. The van der Waals surface area contributed by atoms with Gasteiger partial charge in [0, 0.05) is 5.56 Å². The van der Waals surface area contributed by atoms with Gasteiger partial charge in [0.15, 0.2) is 0 Å². The molecule has 0 fully saturated rings. The van der Waals surface area contributed by atoms with Crippen LogP contribution in [0.3, 0.4) is 0 Å². The van der Waals surface area contributed by atoms with Gasteiger partial charge in [-0.2, -0.15) is 5.26 Å². The molecule has 0 radical (unpaired) electrons. The Hall–Kier alpha value is -1.40. The minimum atomic E-state index is -0.329. The van der Waals surface area contributed by atoms with Crippen LogP contribution < -0.4 is 0 Å². The molecule has 0 unspecified atom stereocenters. The molecule has 0 amide bonds. The van der Waals surface area contributed by atoms with Crippen molar-refractivity contribution in [3.8, 4) is 6.07 Å². The third-order valence-corrected chi connectivity index (χ3v) is 1.75. The zero-order valence-electron chi connectivity index (χ0n) is 8.25. The second-order valence-electron chi connectivity index (χ2n) is 3.28. The predicted octanol–water partition coefficient (Wildman–Crippen LogP) is 2.62. The smallest absolute Gasteiger partial charge is 0.128 e. The lowest BCUT2D eigenvalue weighted by molar-refractivity contribution is 0.0639. The molecule has 0 saturated carbocycles. The zero-order chi connectivity index (χ0) is 10.6. The Morgan fingerprint density at radius 3 is 2.79 bits per heavy atom. The van der Waals surface area contributed by atoms with E-state index in [0.717, 1.165) is 0 Å². The Morgan fingerprint density at radius 2 is 2.21 bits per heavy atom. The molecular weight excluding hydrogens is 181 g/mol. The summed E-state index contributed by atoms with van der Waals surface area (Å²) in [5.74, 6) is -0.329. The van der Waals surface area contributed by atoms with Crippen molar-refractivity contribution in [2.45, 2.75) is 26.6 Å². The number of nitriles is 1. The molecule has 0 heterocycles. The van der Waals surface area contributed by atoms with Crippen molar-refractivity contribution in [3.63, 3.8) is 0 Å². The van der Waals surface area contributed by atoms with Gasteiger partial charge in [-0.25, -0.2) is 4.39 Å². The first-order valence-corrected chi connectivity index (χ1v) is 4.43. The summed E-state index contributed by atoms with van der Waals surface area (Å²) in [7, 11) is 0. The molecule has 14 heavy (non-hydrogen) atoms. The van der Waals surface area contributed by atoms with E-state index in [1.165, 1.54) is 18.2 Å². The van der Waals surface area contributed by atoms with Gasteiger partial charge in [-0.15, -0.1) is 0 Å². The van der Waals surface area contributed by atoms with Crippen LogP contribution in [0.1, 0.15) is 25.0 Å². The van der Waals surface area contributed by atoms with Gasteiger partial charge in [-0.3, -0.25) is 0 Å². The maximum Gasteiger partial charge on any atom is 0.128 e. The molecule has 0 N–H and O–H groups in total. The van der Waals surface area contributed by atoms with Crippen molar-refractivity contribution in [2.75, 3.05) is 0 Å². The topological polar surface area (TPSA) is 33.0 Å². The van der Waals surface area contributed by atoms with Gasteiger partial charge < -0.3 is 4.74 Å². The Kier molecular flexibility index (Phi) is 3.61. The van der Waals surface area contributed by atoms with Crippen LogP contribution in [-0.2, 0) is 11.3 Å². The standard InChI is InChI=1S/C11H12FNO/c1-8(2)14-7-10-5-9(6-13)3-4-11(10)12/h3-5,8H,7H2,1-2H3. The van der Waals surface area contributed by atoms with Crippen LogP contribution in [0.5, 0.6) is 0 Å². The average molecular weight is 193 g/mol. The highest BCUT2D eigenvalue weighted by Gasteiger charge is 2.04. The Bertz CT molecular complexity index is 355. The number of rotatable bonds is 3. The number of halogens is 1. The van der Waals surface area contributed by atoms with Gasteiger partial charge >= 0.3 is 0 Å². The monoisotopic (exact) mass is 193 g/mol. The van der Waals surface area contributed by atoms with E-state index >= 15 is 0 Å². The highest BCUT2D eigenvalue weighted by atomic mass is 19.1. The summed E-state index contributed by atoms with van der Waals surface area (Å²) in [5.41, 5.74) is 0.881.